The van der Waals surface area contributed by atoms with Crippen LogP contribution in [0.5, 0.6) is 0 Å². The first kappa shape index (κ1) is 17.6. The fourth-order valence-corrected chi connectivity index (χ4v) is 2.48. The van der Waals surface area contributed by atoms with Crippen molar-refractivity contribution in [2.45, 2.75) is 13.1 Å². The maximum atomic E-state index is 13.9. The molecule has 0 unspecified atom stereocenters. The molecular weight excluding hydrogens is 354 g/mol. The van der Waals surface area contributed by atoms with Gasteiger partial charge in [-0.25, -0.2) is 13.9 Å². The van der Waals surface area contributed by atoms with Gasteiger partial charge in [0.1, 0.15) is 5.82 Å². The van der Waals surface area contributed by atoms with Crippen LogP contribution < -0.4 is 0 Å². The molecule has 3 aromatic rings. The number of benzene rings is 1. The van der Waals surface area contributed by atoms with Crippen LogP contribution in [0.1, 0.15) is 21.6 Å². The summed E-state index contributed by atoms with van der Waals surface area (Å²) in [5, 5.41) is 13.0. The summed E-state index contributed by atoms with van der Waals surface area (Å²) in [5.41, 5.74) is -1.49. The van der Waals surface area contributed by atoms with E-state index in [2.05, 4.69) is 10.1 Å². The molecule has 5 nitrogen and oxygen atoms in total. The van der Waals surface area contributed by atoms with Gasteiger partial charge in [0.05, 0.1) is 16.9 Å². The van der Waals surface area contributed by atoms with Crippen LogP contribution in [-0.2, 0) is 6.18 Å². The smallest absolute Gasteiger partial charge is 0.419 e. The third kappa shape index (κ3) is 3.15. The molecule has 0 radical (unpaired) electrons. The Morgan fingerprint density at radius 1 is 1.23 bits per heavy atom. The molecule has 0 bridgehead atoms. The number of hydrogen-bond donors (Lipinski definition) is 1. The number of pyridine rings is 1. The minimum Gasteiger partial charge on any atom is -0.476 e. The van der Waals surface area contributed by atoms with Crippen LogP contribution in [0, 0.1) is 12.7 Å². The lowest BCUT2D eigenvalue weighted by Crippen LogP contribution is -2.12. The zero-order valence-corrected chi connectivity index (χ0v) is 13.3. The normalized spacial score (nSPS) is 11.6. The highest BCUT2D eigenvalue weighted by molar-refractivity contribution is 5.87. The van der Waals surface area contributed by atoms with E-state index in [1.54, 1.807) is 12.1 Å². The molecule has 0 atom stereocenters. The summed E-state index contributed by atoms with van der Waals surface area (Å²) < 4.78 is 54.2. The largest absolute Gasteiger partial charge is 0.476 e. The number of carboxylic acids is 1. The highest BCUT2D eigenvalue weighted by Gasteiger charge is 2.35. The van der Waals surface area contributed by atoms with E-state index in [1.807, 2.05) is 0 Å². The van der Waals surface area contributed by atoms with Gasteiger partial charge in [0.15, 0.2) is 5.69 Å². The SMILES string of the molecule is Cc1cc(-n2nc(C(=O)O)cc2-c2cccnc2)cc(C(F)(F)F)c1F. The standard InChI is InChI=1S/C17H11F4N3O2/c1-9-5-11(6-12(15(9)18)17(19,20)21)24-14(7-13(23-24)16(25)26)10-3-2-4-22-8-10/h2-8H,1H3,(H,25,26). The number of halogens is 4. The zero-order chi connectivity index (χ0) is 19.1. The summed E-state index contributed by atoms with van der Waals surface area (Å²) in [4.78, 5) is 15.2. The summed E-state index contributed by atoms with van der Waals surface area (Å²) in [5.74, 6) is -2.72. The molecule has 134 valence electrons. The molecule has 1 aromatic carbocycles. The highest BCUT2D eigenvalue weighted by atomic mass is 19.4. The van der Waals surface area contributed by atoms with E-state index in [4.69, 9.17) is 5.11 Å². The molecule has 0 aliphatic rings. The number of aryl methyl sites for hydroxylation is 1. The summed E-state index contributed by atoms with van der Waals surface area (Å²) in [7, 11) is 0. The molecule has 3 rings (SSSR count). The molecule has 2 aromatic heterocycles. The van der Waals surface area contributed by atoms with Crippen molar-refractivity contribution in [2.75, 3.05) is 0 Å². The molecule has 0 aliphatic carbocycles. The average Bonchev–Trinajstić information content (AvgIpc) is 3.02. The molecule has 0 saturated carbocycles. The van der Waals surface area contributed by atoms with E-state index in [1.165, 1.54) is 31.5 Å². The first-order valence-corrected chi connectivity index (χ1v) is 7.30. The average molecular weight is 365 g/mol. The zero-order valence-electron chi connectivity index (χ0n) is 13.3. The third-order valence-electron chi connectivity index (χ3n) is 3.68. The van der Waals surface area contributed by atoms with Gasteiger partial charge in [0.2, 0.25) is 0 Å². The van der Waals surface area contributed by atoms with Gasteiger partial charge < -0.3 is 5.11 Å². The number of nitrogens with zero attached hydrogens (tertiary/aromatic N) is 3. The monoisotopic (exact) mass is 365 g/mol. The number of carboxylic acid groups (broad SMARTS) is 1. The van der Waals surface area contributed by atoms with Gasteiger partial charge in [-0.05, 0) is 42.8 Å². The molecule has 0 saturated heterocycles. The number of alkyl halides is 3. The van der Waals surface area contributed by atoms with Crippen molar-refractivity contribution in [3.63, 3.8) is 0 Å². The second kappa shape index (κ2) is 6.25. The highest BCUT2D eigenvalue weighted by Crippen LogP contribution is 2.35. The first-order valence-electron chi connectivity index (χ1n) is 7.30. The summed E-state index contributed by atoms with van der Waals surface area (Å²) in [6.45, 7) is 1.19. The van der Waals surface area contributed by atoms with Crippen LogP contribution in [0.2, 0.25) is 0 Å². The Morgan fingerprint density at radius 3 is 2.54 bits per heavy atom. The fourth-order valence-electron chi connectivity index (χ4n) is 2.48. The Hall–Kier alpha value is -3.23. The second-order valence-corrected chi connectivity index (χ2v) is 5.50. The Balaban J connectivity index is 2.27. The van der Waals surface area contributed by atoms with E-state index >= 15 is 0 Å². The maximum absolute atomic E-state index is 13.9. The van der Waals surface area contributed by atoms with Crippen molar-refractivity contribution in [2.24, 2.45) is 0 Å². The molecule has 0 fully saturated rings. The van der Waals surface area contributed by atoms with E-state index in [-0.39, 0.29) is 22.6 Å². The molecular formula is C17H11F4N3O2. The summed E-state index contributed by atoms with van der Waals surface area (Å²) >= 11 is 0. The Bertz CT molecular complexity index is 982. The Labute approximate surface area is 144 Å². The Kier molecular flexibility index (Phi) is 4.23. The van der Waals surface area contributed by atoms with E-state index < -0.39 is 23.5 Å². The first-order chi connectivity index (χ1) is 12.2. The van der Waals surface area contributed by atoms with Gasteiger partial charge in [-0.15, -0.1) is 0 Å². The van der Waals surface area contributed by atoms with Gasteiger partial charge in [-0.2, -0.15) is 18.3 Å². The van der Waals surface area contributed by atoms with Gasteiger partial charge in [0, 0.05) is 18.0 Å². The number of rotatable bonds is 3. The molecule has 2 heterocycles. The van der Waals surface area contributed by atoms with Crippen LogP contribution in [-0.4, -0.2) is 25.8 Å². The van der Waals surface area contributed by atoms with Crippen LogP contribution in [0.25, 0.3) is 16.9 Å². The third-order valence-corrected chi connectivity index (χ3v) is 3.68. The maximum Gasteiger partial charge on any atom is 0.419 e. The minimum absolute atomic E-state index is 0.109. The lowest BCUT2D eigenvalue weighted by molar-refractivity contribution is -0.140. The van der Waals surface area contributed by atoms with Crippen LogP contribution in [0.4, 0.5) is 17.6 Å². The van der Waals surface area contributed by atoms with Crippen LogP contribution in [0.15, 0.2) is 42.7 Å². The van der Waals surface area contributed by atoms with Gasteiger partial charge in [0.25, 0.3) is 0 Å². The molecule has 0 amide bonds. The van der Waals surface area contributed by atoms with E-state index in [9.17, 15) is 22.4 Å². The number of carbonyl (C=O) groups is 1. The molecule has 0 aliphatic heterocycles. The molecule has 26 heavy (non-hydrogen) atoms. The predicted molar refractivity (Wildman–Crippen MR) is 83.5 cm³/mol. The van der Waals surface area contributed by atoms with Crippen molar-refractivity contribution >= 4 is 5.97 Å². The number of aromatic carboxylic acids is 1. The summed E-state index contributed by atoms with van der Waals surface area (Å²) in [6.07, 6.45) is -1.99. The lowest BCUT2D eigenvalue weighted by Gasteiger charge is -2.14. The molecule has 1 N–H and O–H groups in total. The molecule has 0 spiro atoms. The van der Waals surface area contributed by atoms with Gasteiger partial charge >= 0.3 is 12.1 Å². The topological polar surface area (TPSA) is 68.0 Å². The van der Waals surface area contributed by atoms with Crippen molar-refractivity contribution in [1.82, 2.24) is 14.8 Å². The minimum atomic E-state index is -4.90. The Morgan fingerprint density at radius 2 is 1.96 bits per heavy atom. The van der Waals surface area contributed by atoms with Crippen molar-refractivity contribution in [1.29, 1.82) is 0 Å². The van der Waals surface area contributed by atoms with E-state index in [0.29, 0.717) is 11.6 Å². The van der Waals surface area contributed by atoms with Crippen molar-refractivity contribution in [3.8, 4) is 16.9 Å². The van der Waals surface area contributed by atoms with Crippen molar-refractivity contribution < 1.29 is 27.5 Å². The predicted octanol–water partition coefficient (Wildman–Crippen LogP) is 4.10. The summed E-state index contributed by atoms with van der Waals surface area (Å²) in [6, 6.07) is 6.17. The van der Waals surface area contributed by atoms with Crippen molar-refractivity contribution in [3.05, 3.63) is 65.4 Å². The van der Waals surface area contributed by atoms with Crippen LogP contribution >= 0.6 is 0 Å². The van der Waals surface area contributed by atoms with E-state index in [0.717, 1.165) is 4.68 Å². The quantitative estimate of drug-likeness (QED) is 0.710. The second-order valence-electron chi connectivity index (χ2n) is 5.50. The van der Waals surface area contributed by atoms with Crippen LogP contribution in [0.3, 0.4) is 0 Å². The number of aromatic nitrogens is 3. The lowest BCUT2D eigenvalue weighted by atomic mass is 10.1. The number of hydrogen-bond acceptors (Lipinski definition) is 3. The fraction of sp³-hybridized carbons (Fsp3) is 0.118. The molecule has 9 heteroatoms. The van der Waals surface area contributed by atoms with Gasteiger partial charge in [-0.3, -0.25) is 4.98 Å². The van der Waals surface area contributed by atoms with Gasteiger partial charge in [-0.1, -0.05) is 0 Å².